The molecule has 2 aliphatic heterocycles. The standard InChI is InChI=1S/C20H27N3O3/c1-14(2)21-18(24)10-4-3-7-11-22-19(25)17-12-15-8-5-6-9-16(15)13-23(17)20(22)26/h5-6,8-9,14,17H,3-4,7,10-13H2,1-2H3,(H,21,24). The molecule has 0 saturated carbocycles. The highest BCUT2D eigenvalue weighted by atomic mass is 16.2. The lowest BCUT2D eigenvalue weighted by Crippen LogP contribution is -2.39. The number of nitrogens with one attached hydrogen (secondary N) is 1. The van der Waals surface area contributed by atoms with Gasteiger partial charge in [0.05, 0.1) is 0 Å². The Bertz CT molecular complexity index is 658. The van der Waals surface area contributed by atoms with Crippen molar-refractivity contribution in [2.24, 2.45) is 0 Å². The van der Waals surface area contributed by atoms with Crippen LogP contribution < -0.4 is 5.32 Å². The fraction of sp³-hybridized carbons (Fsp3) is 0.550. The highest BCUT2D eigenvalue weighted by Crippen LogP contribution is 2.30. The Kier molecular flexibility index (Phi) is 5.59. The third-order valence-corrected chi connectivity index (χ3v) is 5.01. The number of rotatable bonds is 7. The van der Waals surface area contributed by atoms with E-state index in [0.717, 1.165) is 30.4 Å². The van der Waals surface area contributed by atoms with Gasteiger partial charge in [-0.05, 0) is 37.8 Å². The van der Waals surface area contributed by atoms with E-state index in [0.29, 0.717) is 25.9 Å². The number of fused-ring (bicyclic) bond motifs is 2. The van der Waals surface area contributed by atoms with Crippen molar-refractivity contribution in [2.75, 3.05) is 6.54 Å². The molecule has 0 bridgehead atoms. The first-order valence-electron chi connectivity index (χ1n) is 9.45. The Hall–Kier alpha value is -2.37. The summed E-state index contributed by atoms with van der Waals surface area (Å²) in [5, 5.41) is 2.87. The largest absolute Gasteiger partial charge is 0.354 e. The predicted octanol–water partition coefficient (Wildman–Crippen LogP) is 2.46. The van der Waals surface area contributed by atoms with Crippen LogP contribution in [0, 0.1) is 0 Å². The molecule has 2 aliphatic rings. The zero-order valence-electron chi connectivity index (χ0n) is 15.5. The molecule has 6 heteroatoms. The number of amides is 4. The van der Waals surface area contributed by atoms with E-state index in [9.17, 15) is 14.4 Å². The summed E-state index contributed by atoms with van der Waals surface area (Å²) in [5.74, 6) is -0.0229. The first-order chi connectivity index (χ1) is 12.5. The lowest BCUT2D eigenvalue weighted by molar-refractivity contribution is -0.128. The molecule has 140 valence electrons. The van der Waals surface area contributed by atoms with Crippen molar-refractivity contribution in [3.63, 3.8) is 0 Å². The molecule has 2 heterocycles. The van der Waals surface area contributed by atoms with E-state index < -0.39 is 0 Å². The summed E-state index contributed by atoms with van der Waals surface area (Å²) < 4.78 is 0. The molecular weight excluding hydrogens is 330 g/mol. The molecule has 0 spiro atoms. The molecular formula is C20H27N3O3. The van der Waals surface area contributed by atoms with E-state index >= 15 is 0 Å². The van der Waals surface area contributed by atoms with Gasteiger partial charge in [0, 0.05) is 32.0 Å². The first kappa shape index (κ1) is 18.4. The van der Waals surface area contributed by atoms with Crippen LogP contribution in [0.4, 0.5) is 4.79 Å². The zero-order chi connectivity index (χ0) is 18.7. The zero-order valence-corrected chi connectivity index (χ0v) is 15.5. The topological polar surface area (TPSA) is 69.7 Å². The highest BCUT2D eigenvalue weighted by Gasteiger charge is 2.46. The maximum atomic E-state index is 12.7. The van der Waals surface area contributed by atoms with Crippen LogP contribution in [0.25, 0.3) is 0 Å². The SMILES string of the molecule is CC(C)NC(=O)CCCCCN1C(=O)C2Cc3ccccc3CN2C1=O. The minimum absolute atomic E-state index is 0.0585. The van der Waals surface area contributed by atoms with Gasteiger partial charge in [-0.25, -0.2) is 4.79 Å². The molecule has 3 rings (SSSR count). The molecule has 1 atom stereocenters. The number of imide groups is 1. The molecule has 6 nitrogen and oxygen atoms in total. The van der Waals surface area contributed by atoms with Crippen molar-refractivity contribution in [3.05, 3.63) is 35.4 Å². The molecule has 1 fully saturated rings. The van der Waals surface area contributed by atoms with Crippen LogP contribution in [0.15, 0.2) is 24.3 Å². The maximum Gasteiger partial charge on any atom is 0.327 e. The number of benzene rings is 1. The van der Waals surface area contributed by atoms with Crippen LogP contribution in [-0.2, 0) is 22.6 Å². The number of nitrogens with zero attached hydrogens (tertiary/aromatic N) is 2. The van der Waals surface area contributed by atoms with Crippen LogP contribution >= 0.6 is 0 Å². The maximum absolute atomic E-state index is 12.7. The van der Waals surface area contributed by atoms with Gasteiger partial charge in [0.25, 0.3) is 5.91 Å². The third kappa shape index (κ3) is 3.89. The highest BCUT2D eigenvalue weighted by molar-refractivity contribution is 6.04. The van der Waals surface area contributed by atoms with Crippen LogP contribution in [-0.4, -0.2) is 46.3 Å². The van der Waals surface area contributed by atoms with Crippen molar-refractivity contribution < 1.29 is 14.4 Å². The Labute approximate surface area is 154 Å². The smallest absolute Gasteiger partial charge is 0.327 e. The summed E-state index contributed by atoms with van der Waals surface area (Å²) >= 11 is 0. The van der Waals surface area contributed by atoms with Crippen molar-refractivity contribution in [2.45, 2.75) is 64.6 Å². The van der Waals surface area contributed by atoms with Gasteiger partial charge >= 0.3 is 6.03 Å². The minimum atomic E-state index is -0.353. The number of unbranched alkanes of at least 4 members (excludes halogenated alkanes) is 2. The molecule has 1 aromatic carbocycles. The second kappa shape index (κ2) is 7.89. The van der Waals surface area contributed by atoms with Crippen molar-refractivity contribution in [1.82, 2.24) is 15.1 Å². The summed E-state index contributed by atoms with van der Waals surface area (Å²) in [7, 11) is 0. The Morgan fingerprint density at radius 2 is 1.88 bits per heavy atom. The minimum Gasteiger partial charge on any atom is -0.354 e. The molecule has 0 radical (unpaired) electrons. The van der Waals surface area contributed by atoms with Crippen LogP contribution in [0.1, 0.15) is 50.7 Å². The van der Waals surface area contributed by atoms with Crippen molar-refractivity contribution in [1.29, 1.82) is 0 Å². The molecule has 0 aliphatic carbocycles. The van der Waals surface area contributed by atoms with Gasteiger partial charge in [-0.15, -0.1) is 0 Å². The van der Waals surface area contributed by atoms with Gasteiger partial charge in [-0.2, -0.15) is 0 Å². The molecule has 1 saturated heterocycles. The van der Waals surface area contributed by atoms with Crippen molar-refractivity contribution >= 4 is 17.8 Å². The average molecular weight is 357 g/mol. The third-order valence-electron chi connectivity index (χ3n) is 5.01. The second-order valence-corrected chi connectivity index (χ2v) is 7.42. The van der Waals surface area contributed by atoms with E-state index in [2.05, 4.69) is 5.32 Å². The van der Waals surface area contributed by atoms with E-state index in [-0.39, 0.29) is 29.9 Å². The fourth-order valence-electron chi connectivity index (χ4n) is 3.71. The Morgan fingerprint density at radius 3 is 2.62 bits per heavy atom. The predicted molar refractivity (Wildman–Crippen MR) is 98.3 cm³/mol. The van der Waals surface area contributed by atoms with Gasteiger partial charge < -0.3 is 10.2 Å². The monoisotopic (exact) mass is 357 g/mol. The van der Waals surface area contributed by atoms with Crippen LogP contribution in [0.3, 0.4) is 0 Å². The van der Waals surface area contributed by atoms with Crippen molar-refractivity contribution in [3.8, 4) is 0 Å². The number of carbonyl (C=O) groups excluding carboxylic acids is 3. The summed E-state index contributed by atoms with van der Waals surface area (Å²) in [5.41, 5.74) is 2.29. The average Bonchev–Trinajstić information content (AvgIpc) is 2.83. The number of urea groups is 1. The molecule has 0 aromatic heterocycles. The molecule has 1 aromatic rings. The van der Waals surface area contributed by atoms with Gasteiger partial charge in [-0.1, -0.05) is 30.7 Å². The van der Waals surface area contributed by atoms with Gasteiger partial charge in [-0.3, -0.25) is 14.5 Å². The summed E-state index contributed by atoms with van der Waals surface area (Å²) in [6.45, 7) is 4.83. The Morgan fingerprint density at radius 1 is 1.15 bits per heavy atom. The van der Waals surface area contributed by atoms with E-state index in [1.165, 1.54) is 4.90 Å². The first-order valence-corrected chi connectivity index (χ1v) is 9.45. The normalized spacial score (nSPS) is 19.0. The molecule has 26 heavy (non-hydrogen) atoms. The van der Waals surface area contributed by atoms with Crippen LogP contribution in [0.2, 0.25) is 0 Å². The summed E-state index contributed by atoms with van der Waals surface area (Å²) in [4.78, 5) is 40.0. The quantitative estimate of drug-likeness (QED) is 0.602. The van der Waals surface area contributed by atoms with E-state index in [4.69, 9.17) is 0 Å². The summed E-state index contributed by atoms with van der Waals surface area (Å²) in [6.07, 6.45) is 3.43. The van der Waals surface area contributed by atoms with Gasteiger partial charge in [0.1, 0.15) is 6.04 Å². The van der Waals surface area contributed by atoms with Gasteiger partial charge in [0.2, 0.25) is 5.91 Å². The number of carbonyl (C=O) groups is 3. The van der Waals surface area contributed by atoms with E-state index in [1.807, 2.05) is 38.1 Å². The lowest BCUT2D eigenvalue weighted by atomic mass is 9.95. The van der Waals surface area contributed by atoms with Crippen LogP contribution in [0.5, 0.6) is 0 Å². The summed E-state index contributed by atoms with van der Waals surface area (Å²) in [6, 6.07) is 7.63. The van der Waals surface area contributed by atoms with Gasteiger partial charge in [0.15, 0.2) is 0 Å². The Balaban J connectivity index is 1.48. The molecule has 1 N–H and O–H groups in total. The number of hydrogen-bond acceptors (Lipinski definition) is 3. The number of hydrogen-bond donors (Lipinski definition) is 1. The molecule has 4 amide bonds. The molecule has 1 unspecified atom stereocenters. The lowest BCUT2D eigenvalue weighted by Gasteiger charge is -2.28. The fourth-order valence-corrected chi connectivity index (χ4v) is 3.71. The van der Waals surface area contributed by atoms with E-state index in [1.54, 1.807) is 4.90 Å². The second-order valence-electron chi connectivity index (χ2n) is 7.42.